The summed E-state index contributed by atoms with van der Waals surface area (Å²) in [6, 6.07) is 94.3. The third-order valence-corrected chi connectivity index (χ3v) is 22.6. The third kappa shape index (κ3) is 15.0. The number of aromatic nitrogens is 8. The number of benzene rings is 15. The van der Waals surface area contributed by atoms with Crippen LogP contribution in [0.2, 0.25) is 0 Å². The number of fused-ring (bicyclic) bond motifs is 6. The SMILES string of the molecule is Cc1ccc(-c2ccc3c(c2)c2cc(-c4ccc(C(F)(F)F)cc4C)ccc2n3-c2cc(-c3cccc(-c4cc(-c5nc(-c6ccccc6)nc(-c6ccccc6)n5)cc(-n5c6ccc(-c7ccc(C(F)(F)F)cc7C)cc6c6cc(-c7ccc(C)cc7C(F)(F)F)ccc65)c4)c3)cc(-c3nc(-c4ccccc4)nc(-c4ccccc4)n3)c2)c(C(F)(F)F)c1. The van der Waals surface area contributed by atoms with E-state index in [1.165, 1.54) is 24.3 Å². The van der Waals surface area contributed by atoms with Gasteiger partial charge in [-0.3, -0.25) is 0 Å². The Balaban J connectivity index is 0.862. The molecule has 4 heterocycles. The maximum atomic E-state index is 15.3. The lowest BCUT2D eigenvalue weighted by atomic mass is 9.95. The Morgan fingerprint density at radius 1 is 0.202 bits per heavy atom. The lowest BCUT2D eigenvalue weighted by molar-refractivity contribution is -0.138. The van der Waals surface area contributed by atoms with Crippen LogP contribution >= 0.6 is 0 Å². The van der Waals surface area contributed by atoms with E-state index >= 15 is 26.3 Å². The van der Waals surface area contributed by atoms with E-state index in [2.05, 4.69) is 0 Å². The van der Waals surface area contributed by atoms with Gasteiger partial charge in [-0.15, -0.1) is 0 Å². The minimum absolute atomic E-state index is 0.0603. The monoisotopic (exact) mass is 1650 g/mol. The van der Waals surface area contributed by atoms with Crippen molar-refractivity contribution in [3.05, 3.63) is 372 Å². The maximum Gasteiger partial charge on any atom is 0.417 e. The van der Waals surface area contributed by atoms with Crippen LogP contribution in [-0.4, -0.2) is 39.0 Å². The first-order valence-electron chi connectivity index (χ1n) is 39.6. The van der Waals surface area contributed by atoms with Crippen molar-refractivity contribution in [1.29, 1.82) is 0 Å². The third-order valence-electron chi connectivity index (χ3n) is 22.6. The number of hydrogen-bond donors (Lipinski definition) is 0. The smallest absolute Gasteiger partial charge is 0.309 e. The van der Waals surface area contributed by atoms with Crippen LogP contribution in [0.25, 0.3) is 190 Å². The zero-order valence-electron chi connectivity index (χ0n) is 66.3. The molecule has 8 nitrogen and oxygen atoms in total. The average Bonchev–Trinajstić information content (AvgIpc) is 1.58. The van der Waals surface area contributed by atoms with Gasteiger partial charge in [0.05, 0.1) is 44.3 Å². The Labute approximate surface area is 702 Å². The van der Waals surface area contributed by atoms with Crippen molar-refractivity contribution >= 4 is 43.6 Å². The Morgan fingerprint density at radius 2 is 0.468 bits per heavy atom. The van der Waals surface area contributed by atoms with Crippen molar-refractivity contribution < 1.29 is 52.7 Å². The highest BCUT2D eigenvalue weighted by molar-refractivity contribution is 6.13. The number of hydrogen-bond acceptors (Lipinski definition) is 6. The van der Waals surface area contributed by atoms with E-state index in [1.807, 2.05) is 228 Å². The fourth-order valence-corrected chi connectivity index (χ4v) is 16.7. The molecule has 0 N–H and O–H groups in total. The van der Waals surface area contributed by atoms with Gasteiger partial charge in [0.15, 0.2) is 34.9 Å². The summed E-state index contributed by atoms with van der Waals surface area (Å²) in [6.07, 6.45) is -18.7. The van der Waals surface area contributed by atoms with Gasteiger partial charge >= 0.3 is 24.7 Å². The van der Waals surface area contributed by atoms with Gasteiger partial charge in [0, 0.05) is 66.3 Å². The molecule has 0 saturated carbocycles. The van der Waals surface area contributed by atoms with E-state index in [0.717, 1.165) is 36.4 Å². The molecule has 0 spiro atoms. The predicted octanol–water partition coefficient (Wildman–Crippen LogP) is 29.6. The summed E-state index contributed by atoms with van der Waals surface area (Å²) >= 11 is 0. The van der Waals surface area contributed by atoms with Gasteiger partial charge in [0.25, 0.3) is 0 Å². The number of nitrogens with zero attached hydrogens (tertiary/aromatic N) is 8. The van der Waals surface area contributed by atoms with Crippen LogP contribution in [0.15, 0.2) is 328 Å². The zero-order valence-corrected chi connectivity index (χ0v) is 66.3. The first-order valence-corrected chi connectivity index (χ1v) is 39.6. The lowest BCUT2D eigenvalue weighted by Gasteiger charge is -2.17. The molecule has 124 heavy (non-hydrogen) atoms. The van der Waals surface area contributed by atoms with Crippen LogP contribution in [0.4, 0.5) is 52.7 Å². The standard InChI is InChI=1S/C104H66F12N8/c1-59-28-36-83(89(44-59)103(111,112)113)71-32-42-93-87(57-71)85-55-69(81-38-34-77(46-61(81)3)101(105,106)107)30-40-91(85)123(93)79-51-73(49-75(53-79)99-119-95(63-18-9-5-10-19-63)117-96(120-99)64-20-11-6-12-21-64)67-26-17-27-68(48-67)74-50-76(100-121-97(65-22-13-7-14-23-65)118-98(122-100)66-24-15-8-16-25-66)54-80(52-74)124-92-41-31-70(82-39-35-78(47-62(82)4)102(108,109)110)56-86(92)88-58-72(33-43-94(88)124)84-37-29-60(2)45-90(84)104(114,115)116/h5-58H,1-4H3. The van der Waals surface area contributed by atoms with E-state index in [9.17, 15) is 26.3 Å². The summed E-state index contributed by atoms with van der Waals surface area (Å²) in [6.45, 7) is 6.38. The minimum atomic E-state index is -4.74. The van der Waals surface area contributed by atoms with E-state index < -0.39 is 47.0 Å². The molecule has 0 aliphatic rings. The van der Waals surface area contributed by atoms with Gasteiger partial charge in [0.1, 0.15) is 0 Å². The van der Waals surface area contributed by atoms with Gasteiger partial charge < -0.3 is 9.13 Å². The van der Waals surface area contributed by atoms with Crippen molar-refractivity contribution in [3.8, 4) is 146 Å². The molecule has 0 amide bonds. The maximum absolute atomic E-state index is 15.3. The topological polar surface area (TPSA) is 87.2 Å². The van der Waals surface area contributed by atoms with Crippen LogP contribution in [0, 0.1) is 27.7 Å². The normalized spacial score (nSPS) is 12.2. The van der Waals surface area contributed by atoms with Crippen molar-refractivity contribution in [2.24, 2.45) is 0 Å². The highest BCUT2D eigenvalue weighted by atomic mass is 19.4. The Kier molecular flexibility index (Phi) is 19.5. The second kappa shape index (κ2) is 30.6. The number of aryl methyl sites for hydroxylation is 4. The van der Waals surface area contributed by atoms with Gasteiger partial charge in [-0.25, -0.2) is 29.9 Å². The van der Waals surface area contributed by atoms with Crippen molar-refractivity contribution in [2.75, 3.05) is 0 Å². The summed E-state index contributed by atoms with van der Waals surface area (Å²) in [5, 5.41) is 2.20. The van der Waals surface area contributed by atoms with E-state index in [0.29, 0.717) is 178 Å². The van der Waals surface area contributed by atoms with Crippen LogP contribution in [0.1, 0.15) is 44.5 Å². The highest BCUT2D eigenvalue weighted by Gasteiger charge is 2.37. The molecule has 0 radical (unpaired) electrons. The van der Waals surface area contributed by atoms with Crippen LogP contribution in [-0.2, 0) is 24.7 Å². The number of rotatable bonds is 14. The molecule has 4 aromatic heterocycles. The molecule has 19 aromatic rings. The lowest BCUT2D eigenvalue weighted by Crippen LogP contribution is -2.07. The minimum Gasteiger partial charge on any atom is -0.309 e. The quantitative estimate of drug-likeness (QED) is 0.101. The molecule has 0 unspecified atom stereocenters. The van der Waals surface area contributed by atoms with Gasteiger partial charge in [-0.1, -0.05) is 211 Å². The summed E-state index contributed by atoms with van der Waals surface area (Å²) < 4.78 is 181. The zero-order chi connectivity index (χ0) is 85.8. The fourth-order valence-electron chi connectivity index (χ4n) is 16.7. The summed E-state index contributed by atoms with van der Waals surface area (Å²) in [5.74, 6) is 2.00. The largest absolute Gasteiger partial charge is 0.417 e. The second-order valence-corrected chi connectivity index (χ2v) is 30.9. The molecule has 0 atom stereocenters. The molecule has 19 rings (SSSR count). The molecular formula is C104H66F12N8. The molecular weight excluding hydrogens is 1590 g/mol. The number of halogens is 12. The van der Waals surface area contributed by atoms with E-state index in [1.54, 1.807) is 76.2 Å². The fraction of sp³-hybridized carbons (Fsp3) is 0.0769. The van der Waals surface area contributed by atoms with Crippen LogP contribution < -0.4 is 0 Å². The summed E-state index contributed by atoms with van der Waals surface area (Å²) in [4.78, 5) is 31.1. The molecule has 0 aliphatic carbocycles. The Morgan fingerprint density at radius 3 is 0.758 bits per heavy atom. The molecule has 0 fully saturated rings. The predicted molar refractivity (Wildman–Crippen MR) is 466 cm³/mol. The molecule has 0 bridgehead atoms. The molecule has 606 valence electrons. The Hall–Kier alpha value is -14.9. The first-order chi connectivity index (χ1) is 59.6. The summed E-state index contributed by atoms with van der Waals surface area (Å²) in [7, 11) is 0. The average molecular weight is 1660 g/mol. The molecule has 0 aliphatic heterocycles. The number of alkyl halides is 12. The van der Waals surface area contributed by atoms with E-state index in [4.69, 9.17) is 29.9 Å². The van der Waals surface area contributed by atoms with Crippen molar-refractivity contribution in [3.63, 3.8) is 0 Å². The van der Waals surface area contributed by atoms with Crippen LogP contribution in [0.5, 0.6) is 0 Å². The first kappa shape index (κ1) is 78.9. The van der Waals surface area contributed by atoms with Crippen molar-refractivity contribution in [2.45, 2.75) is 52.4 Å². The van der Waals surface area contributed by atoms with Gasteiger partial charge in [0.2, 0.25) is 0 Å². The van der Waals surface area contributed by atoms with E-state index in [-0.39, 0.29) is 33.9 Å². The second-order valence-electron chi connectivity index (χ2n) is 30.9. The Bertz CT molecular complexity index is 6910. The van der Waals surface area contributed by atoms with Gasteiger partial charge in [-0.2, -0.15) is 52.7 Å². The molecule has 20 heteroatoms. The van der Waals surface area contributed by atoms with Gasteiger partial charge in [-0.05, 0) is 233 Å². The molecule has 0 saturated heterocycles. The van der Waals surface area contributed by atoms with Crippen LogP contribution in [0.3, 0.4) is 0 Å². The molecule has 15 aromatic carbocycles. The summed E-state index contributed by atoms with van der Waals surface area (Å²) in [5.41, 5.74) is 10.5. The highest BCUT2D eigenvalue weighted by Crippen LogP contribution is 2.48. The van der Waals surface area contributed by atoms with Crippen molar-refractivity contribution in [1.82, 2.24) is 39.0 Å².